The second kappa shape index (κ2) is 5.21. The minimum atomic E-state index is -0.455. The minimum Gasteiger partial charge on any atom is -0.378 e. The quantitative estimate of drug-likeness (QED) is 0.709. The van der Waals surface area contributed by atoms with Crippen molar-refractivity contribution in [1.29, 1.82) is 0 Å². The molecule has 1 saturated heterocycles. The number of ether oxygens (including phenoxy) is 1. The second-order valence-corrected chi connectivity index (χ2v) is 5.27. The SMILES string of the molecule is O=c1c(=O)n(N2CCOCC2)ccn1CC1CCC1. The number of hydrogen-bond donors (Lipinski definition) is 0. The van der Waals surface area contributed by atoms with Crippen molar-refractivity contribution in [3.63, 3.8) is 0 Å². The van der Waals surface area contributed by atoms with Gasteiger partial charge >= 0.3 is 11.1 Å². The van der Waals surface area contributed by atoms with Gasteiger partial charge in [-0.25, -0.2) is 4.68 Å². The maximum Gasteiger partial charge on any atom is 0.334 e. The highest BCUT2D eigenvalue weighted by Gasteiger charge is 2.20. The molecule has 2 fully saturated rings. The summed E-state index contributed by atoms with van der Waals surface area (Å²) in [7, 11) is 0. The summed E-state index contributed by atoms with van der Waals surface area (Å²) in [4.78, 5) is 24.2. The van der Waals surface area contributed by atoms with Crippen LogP contribution in [0.3, 0.4) is 0 Å². The van der Waals surface area contributed by atoms with E-state index in [1.54, 1.807) is 17.0 Å². The smallest absolute Gasteiger partial charge is 0.334 e. The van der Waals surface area contributed by atoms with E-state index in [-0.39, 0.29) is 0 Å². The average Bonchev–Trinajstić information content (AvgIpc) is 2.39. The zero-order valence-corrected chi connectivity index (χ0v) is 11.0. The van der Waals surface area contributed by atoms with Gasteiger partial charge in [0.05, 0.1) is 26.3 Å². The van der Waals surface area contributed by atoms with Gasteiger partial charge in [-0.3, -0.25) is 9.59 Å². The van der Waals surface area contributed by atoms with Gasteiger partial charge in [-0.2, -0.15) is 0 Å². The van der Waals surface area contributed by atoms with Crippen molar-refractivity contribution in [1.82, 2.24) is 9.24 Å². The van der Waals surface area contributed by atoms with Gasteiger partial charge in [0, 0.05) is 18.9 Å². The normalized spacial score (nSPS) is 20.3. The Hall–Kier alpha value is -1.56. The van der Waals surface area contributed by atoms with E-state index in [1.165, 1.54) is 23.9 Å². The molecule has 0 radical (unpaired) electrons. The van der Waals surface area contributed by atoms with Crippen LogP contribution in [0.15, 0.2) is 22.0 Å². The number of morpholine rings is 1. The van der Waals surface area contributed by atoms with Crippen molar-refractivity contribution in [2.45, 2.75) is 25.8 Å². The predicted octanol–water partition coefficient (Wildman–Crippen LogP) is -0.222. The van der Waals surface area contributed by atoms with Crippen LogP contribution in [0, 0.1) is 5.92 Å². The average molecular weight is 265 g/mol. The van der Waals surface area contributed by atoms with Crippen molar-refractivity contribution in [2.75, 3.05) is 31.3 Å². The van der Waals surface area contributed by atoms with E-state index >= 15 is 0 Å². The maximum atomic E-state index is 12.1. The van der Waals surface area contributed by atoms with Gasteiger partial charge < -0.3 is 14.3 Å². The van der Waals surface area contributed by atoms with Gasteiger partial charge in [-0.05, 0) is 18.8 Å². The predicted molar refractivity (Wildman–Crippen MR) is 71.1 cm³/mol. The fourth-order valence-corrected chi connectivity index (χ4v) is 2.59. The van der Waals surface area contributed by atoms with Gasteiger partial charge in [0.25, 0.3) is 0 Å². The molecule has 0 unspecified atom stereocenters. The lowest BCUT2D eigenvalue weighted by molar-refractivity contribution is 0.110. The molecule has 0 N–H and O–H groups in total. The fourth-order valence-electron chi connectivity index (χ4n) is 2.59. The lowest BCUT2D eigenvalue weighted by Crippen LogP contribution is -2.53. The summed E-state index contributed by atoms with van der Waals surface area (Å²) in [5, 5.41) is 1.86. The molecule has 1 aliphatic heterocycles. The molecule has 1 aromatic heterocycles. The number of nitrogens with zero attached hydrogens (tertiary/aromatic N) is 3. The minimum absolute atomic E-state index is 0.416. The van der Waals surface area contributed by atoms with Crippen LogP contribution < -0.4 is 16.1 Å². The van der Waals surface area contributed by atoms with Gasteiger partial charge in [-0.1, -0.05) is 6.42 Å². The van der Waals surface area contributed by atoms with Crippen LogP contribution in [-0.2, 0) is 11.3 Å². The lowest BCUT2D eigenvalue weighted by atomic mass is 9.85. The monoisotopic (exact) mass is 265 g/mol. The Kier molecular flexibility index (Phi) is 3.42. The Morgan fingerprint density at radius 3 is 2.47 bits per heavy atom. The highest BCUT2D eigenvalue weighted by atomic mass is 16.5. The van der Waals surface area contributed by atoms with Crippen molar-refractivity contribution in [3.05, 3.63) is 33.1 Å². The van der Waals surface area contributed by atoms with E-state index in [9.17, 15) is 9.59 Å². The van der Waals surface area contributed by atoms with Crippen LogP contribution in [-0.4, -0.2) is 35.5 Å². The zero-order chi connectivity index (χ0) is 13.2. The second-order valence-electron chi connectivity index (χ2n) is 5.27. The van der Waals surface area contributed by atoms with Crippen molar-refractivity contribution in [2.24, 2.45) is 5.92 Å². The lowest BCUT2D eigenvalue weighted by Gasteiger charge is -2.30. The third kappa shape index (κ3) is 2.45. The van der Waals surface area contributed by atoms with Gasteiger partial charge in [-0.15, -0.1) is 0 Å². The van der Waals surface area contributed by atoms with Crippen LogP contribution >= 0.6 is 0 Å². The van der Waals surface area contributed by atoms with Crippen LogP contribution in [0.1, 0.15) is 19.3 Å². The molecule has 0 bridgehead atoms. The van der Waals surface area contributed by atoms with Crippen LogP contribution in [0.25, 0.3) is 0 Å². The molecule has 0 aromatic carbocycles. The largest absolute Gasteiger partial charge is 0.378 e. The standard InChI is InChI=1S/C13H19N3O3/c17-12-13(18)16(15-6-8-19-9-7-15)5-4-14(12)10-11-2-1-3-11/h4-5,11H,1-3,6-10H2. The Bertz CT molecular complexity index is 553. The van der Waals surface area contributed by atoms with Crippen molar-refractivity contribution >= 4 is 0 Å². The first-order valence-corrected chi connectivity index (χ1v) is 6.91. The number of aromatic nitrogens is 2. The summed E-state index contributed by atoms with van der Waals surface area (Å²) in [6, 6.07) is 0. The molecule has 0 atom stereocenters. The van der Waals surface area contributed by atoms with E-state index in [2.05, 4.69) is 0 Å². The first kappa shape index (κ1) is 12.5. The highest BCUT2D eigenvalue weighted by molar-refractivity contribution is 4.95. The summed E-state index contributed by atoms with van der Waals surface area (Å²) in [5.41, 5.74) is -0.871. The Labute approximate surface area is 111 Å². The number of hydrogen-bond acceptors (Lipinski definition) is 4. The van der Waals surface area contributed by atoms with E-state index in [0.29, 0.717) is 38.8 Å². The Balaban J connectivity index is 1.84. The van der Waals surface area contributed by atoms with E-state index in [1.807, 2.05) is 5.01 Å². The first-order chi connectivity index (χ1) is 9.25. The van der Waals surface area contributed by atoms with Crippen LogP contribution in [0.4, 0.5) is 0 Å². The summed E-state index contributed by atoms with van der Waals surface area (Å²) < 4.78 is 8.24. The van der Waals surface area contributed by atoms with Crippen LogP contribution in [0.5, 0.6) is 0 Å². The molecule has 3 rings (SSSR count). The third-order valence-corrected chi connectivity index (χ3v) is 4.01. The molecule has 6 nitrogen and oxygen atoms in total. The molecule has 1 saturated carbocycles. The molecule has 2 heterocycles. The maximum absolute atomic E-state index is 12.1. The Morgan fingerprint density at radius 2 is 1.84 bits per heavy atom. The topological polar surface area (TPSA) is 56.5 Å². The summed E-state index contributed by atoms with van der Waals surface area (Å²) in [5.74, 6) is 0.566. The fraction of sp³-hybridized carbons (Fsp3) is 0.692. The molecule has 6 heteroatoms. The van der Waals surface area contributed by atoms with Crippen molar-refractivity contribution in [3.8, 4) is 0 Å². The van der Waals surface area contributed by atoms with Gasteiger partial charge in [0.2, 0.25) is 0 Å². The molecular weight excluding hydrogens is 246 g/mol. The highest BCUT2D eigenvalue weighted by Crippen LogP contribution is 2.27. The molecule has 2 aliphatic rings. The molecule has 19 heavy (non-hydrogen) atoms. The summed E-state index contributed by atoms with van der Waals surface area (Å²) in [6.45, 7) is 3.16. The van der Waals surface area contributed by atoms with Gasteiger partial charge in [0.15, 0.2) is 0 Å². The molecule has 1 aromatic rings. The van der Waals surface area contributed by atoms with E-state index < -0.39 is 11.1 Å². The first-order valence-electron chi connectivity index (χ1n) is 6.91. The zero-order valence-electron chi connectivity index (χ0n) is 11.0. The summed E-state index contributed by atoms with van der Waals surface area (Å²) in [6.07, 6.45) is 7.01. The molecule has 0 spiro atoms. The summed E-state index contributed by atoms with van der Waals surface area (Å²) >= 11 is 0. The van der Waals surface area contributed by atoms with E-state index in [4.69, 9.17) is 4.74 Å². The van der Waals surface area contributed by atoms with Crippen molar-refractivity contribution < 1.29 is 4.74 Å². The molecule has 0 amide bonds. The van der Waals surface area contributed by atoms with E-state index in [0.717, 1.165) is 0 Å². The Morgan fingerprint density at radius 1 is 1.11 bits per heavy atom. The van der Waals surface area contributed by atoms with Gasteiger partial charge in [0.1, 0.15) is 0 Å². The molecular formula is C13H19N3O3. The molecule has 104 valence electrons. The molecule has 1 aliphatic carbocycles. The number of rotatable bonds is 3. The third-order valence-electron chi connectivity index (χ3n) is 4.01. The van der Waals surface area contributed by atoms with Crippen LogP contribution in [0.2, 0.25) is 0 Å².